The van der Waals surface area contributed by atoms with Gasteiger partial charge >= 0.3 is 30.0 Å². The summed E-state index contributed by atoms with van der Waals surface area (Å²) in [5, 5.41) is 9.61. The molecule has 4 heterocycles. The van der Waals surface area contributed by atoms with Gasteiger partial charge in [0, 0.05) is 10.8 Å². The van der Waals surface area contributed by atoms with Gasteiger partial charge in [-0.2, -0.15) is 49.7 Å². The Hall–Kier alpha value is -3.78. The number of fused-ring (bicyclic) bond motifs is 2. The normalized spacial score (nSPS) is 27.3. The summed E-state index contributed by atoms with van der Waals surface area (Å²) < 4.78 is 121. The molecule has 0 N–H and O–H groups in total. The van der Waals surface area contributed by atoms with Crippen LogP contribution in [0.15, 0.2) is 30.5 Å². The molecule has 4 unspecified atom stereocenters. The zero-order valence-electron chi connectivity index (χ0n) is 19.0. The van der Waals surface area contributed by atoms with Crippen LogP contribution in [0.4, 0.5) is 50.0 Å². The van der Waals surface area contributed by atoms with Crippen LogP contribution in [0.25, 0.3) is 10.8 Å². The molecule has 0 aliphatic carbocycles. The van der Waals surface area contributed by atoms with Crippen LogP contribution in [0.3, 0.4) is 0 Å². The van der Waals surface area contributed by atoms with Gasteiger partial charge in [0.25, 0.3) is 11.7 Å². The number of quaternary nitrogens is 1. The van der Waals surface area contributed by atoms with Gasteiger partial charge in [-0.05, 0) is 0 Å². The summed E-state index contributed by atoms with van der Waals surface area (Å²) in [6, 6.07) is 2.06. The van der Waals surface area contributed by atoms with E-state index in [0.717, 1.165) is 11.1 Å². The minimum Gasteiger partial charge on any atom is -0.286 e. The number of aromatic nitrogens is 1. The first-order chi connectivity index (χ1) is 17.9. The maximum atomic E-state index is 14.6. The number of carbonyl (C=O) groups excluding carboxylic acids is 3. The quantitative estimate of drug-likeness (QED) is 0.313. The minimum absolute atomic E-state index is 0.103. The Morgan fingerprint density at radius 1 is 0.974 bits per heavy atom. The summed E-state index contributed by atoms with van der Waals surface area (Å²) in [6.07, 6.45) is -6.18. The fraction of sp³-hybridized carbons (Fsp3) is 0.409. The topological polar surface area (TPSA) is 94.4 Å². The van der Waals surface area contributed by atoms with Crippen molar-refractivity contribution in [3.05, 3.63) is 36.2 Å². The van der Waals surface area contributed by atoms with E-state index in [-0.39, 0.29) is 28.7 Å². The second kappa shape index (κ2) is 7.88. The number of pyridine rings is 1. The molecule has 2 aromatic rings. The summed E-state index contributed by atoms with van der Waals surface area (Å²) in [5.41, 5.74) is -0.333. The number of urea groups is 1. The number of nitriles is 1. The van der Waals surface area contributed by atoms with E-state index in [0.29, 0.717) is 4.90 Å². The Bertz CT molecular complexity index is 1490. The van der Waals surface area contributed by atoms with Gasteiger partial charge in [-0.3, -0.25) is 9.59 Å². The van der Waals surface area contributed by atoms with E-state index < -0.39 is 71.4 Å². The number of anilines is 1. The first-order valence-corrected chi connectivity index (χ1v) is 11.0. The Balaban J connectivity index is 1.59. The van der Waals surface area contributed by atoms with E-state index in [2.05, 4.69) is 4.98 Å². The third-order valence-electron chi connectivity index (χ3n) is 7.34. The first kappa shape index (κ1) is 26.8. The van der Waals surface area contributed by atoms with E-state index in [1.807, 2.05) is 0 Å². The lowest BCUT2D eigenvalue weighted by Gasteiger charge is -2.37. The van der Waals surface area contributed by atoms with Crippen molar-refractivity contribution in [3.8, 4) is 6.07 Å². The number of halogens is 9. The molecule has 0 saturated carbocycles. The molecule has 1 spiro atoms. The van der Waals surface area contributed by atoms with Crippen LogP contribution >= 0.6 is 0 Å². The maximum absolute atomic E-state index is 14.6. The summed E-state index contributed by atoms with van der Waals surface area (Å²) in [6.45, 7) is -1.83. The van der Waals surface area contributed by atoms with E-state index in [4.69, 9.17) is 0 Å². The third kappa shape index (κ3) is 3.15. The molecular weight excluding hydrogens is 553 g/mol. The van der Waals surface area contributed by atoms with Crippen molar-refractivity contribution >= 4 is 34.2 Å². The number of ketones is 1. The van der Waals surface area contributed by atoms with Crippen LogP contribution in [0.1, 0.15) is 5.69 Å². The molecule has 39 heavy (non-hydrogen) atoms. The first-order valence-electron chi connectivity index (χ1n) is 11.0. The van der Waals surface area contributed by atoms with Gasteiger partial charge in [-0.1, -0.05) is 24.3 Å². The zero-order valence-corrected chi connectivity index (χ0v) is 19.0. The van der Waals surface area contributed by atoms with E-state index >= 15 is 0 Å². The number of benzene rings is 1. The Labute approximate surface area is 211 Å². The molecule has 5 rings (SSSR count). The minimum atomic E-state index is -7.30. The molecule has 3 saturated heterocycles. The van der Waals surface area contributed by atoms with Crippen molar-refractivity contribution in [3.63, 3.8) is 0 Å². The number of amides is 3. The average Bonchev–Trinajstić information content (AvgIpc) is 3.50. The molecule has 206 valence electrons. The van der Waals surface area contributed by atoms with Gasteiger partial charge in [0.1, 0.15) is 18.4 Å². The summed E-state index contributed by atoms with van der Waals surface area (Å²) in [7, 11) is 0. The molecule has 3 aliphatic heterocycles. The average molecular weight is 566 g/mol. The van der Waals surface area contributed by atoms with Gasteiger partial charge in [-0.25, -0.2) is 19.2 Å². The number of rotatable bonds is 5. The Morgan fingerprint density at radius 3 is 2.18 bits per heavy atom. The van der Waals surface area contributed by atoms with Crippen molar-refractivity contribution in [2.75, 3.05) is 24.7 Å². The molecular formula is C22H13F9N5O3+. The maximum Gasteiger partial charge on any atom is 0.460 e. The van der Waals surface area contributed by atoms with Crippen molar-refractivity contribution < 1.29 is 58.4 Å². The number of Topliss-reactive ketones (excluding diaryl/α,β-unsaturated/α-hetero) is 1. The van der Waals surface area contributed by atoms with Crippen LogP contribution < -0.4 is 4.90 Å². The monoisotopic (exact) mass is 566 g/mol. The van der Waals surface area contributed by atoms with Gasteiger partial charge in [0.2, 0.25) is 0 Å². The number of imide groups is 1. The molecule has 3 fully saturated rings. The predicted molar refractivity (Wildman–Crippen MR) is 110 cm³/mol. The highest BCUT2D eigenvalue weighted by molar-refractivity contribution is 6.22. The summed E-state index contributed by atoms with van der Waals surface area (Å²) in [4.78, 5) is 45.2. The number of nitrogens with zero attached hydrogens (tertiary/aromatic N) is 5. The molecule has 2 bridgehead atoms. The lowest BCUT2D eigenvalue weighted by atomic mass is 9.93. The largest absolute Gasteiger partial charge is 0.460 e. The number of hydrogen-bond donors (Lipinski definition) is 0. The molecule has 8 nitrogen and oxygen atoms in total. The van der Waals surface area contributed by atoms with Crippen molar-refractivity contribution in [1.29, 1.82) is 5.26 Å². The van der Waals surface area contributed by atoms with E-state index in [9.17, 15) is 59.2 Å². The van der Waals surface area contributed by atoms with Gasteiger partial charge < -0.3 is 0 Å². The highest BCUT2D eigenvalue weighted by atomic mass is 19.4. The highest BCUT2D eigenvalue weighted by Gasteiger charge is 2.86. The lowest BCUT2D eigenvalue weighted by molar-refractivity contribution is -0.853. The van der Waals surface area contributed by atoms with Crippen LogP contribution in [-0.4, -0.2) is 87.9 Å². The fourth-order valence-electron chi connectivity index (χ4n) is 5.45. The number of alkyl halides is 9. The van der Waals surface area contributed by atoms with Crippen molar-refractivity contribution in [2.45, 2.75) is 36.0 Å². The van der Waals surface area contributed by atoms with Gasteiger partial charge in [-0.15, -0.1) is 0 Å². The van der Waals surface area contributed by atoms with Crippen LogP contribution in [0, 0.1) is 11.3 Å². The smallest absolute Gasteiger partial charge is 0.286 e. The molecule has 1 aromatic heterocycles. The van der Waals surface area contributed by atoms with Gasteiger partial charge in [0.05, 0.1) is 25.0 Å². The van der Waals surface area contributed by atoms with Gasteiger partial charge in [0.15, 0.2) is 12.1 Å². The molecule has 3 aliphatic rings. The van der Waals surface area contributed by atoms with Crippen molar-refractivity contribution in [2.24, 2.45) is 0 Å². The zero-order chi connectivity index (χ0) is 28.9. The van der Waals surface area contributed by atoms with Crippen LogP contribution in [-0.2, 0) is 9.59 Å². The van der Waals surface area contributed by atoms with E-state index in [1.165, 1.54) is 24.3 Å². The lowest BCUT2D eigenvalue weighted by Crippen LogP contribution is -2.70. The number of piperazine rings is 1. The molecule has 3 amide bonds. The second-order valence-corrected chi connectivity index (χ2v) is 9.33. The predicted octanol–water partition coefficient (Wildman–Crippen LogP) is 3.45. The van der Waals surface area contributed by atoms with E-state index in [1.54, 1.807) is 6.07 Å². The summed E-state index contributed by atoms with van der Waals surface area (Å²) in [5.74, 6) is -25.2. The second-order valence-electron chi connectivity index (χ2n) is 9.33. The fourth-order valence-corrected chi connectivity index (χ4v) is 5.45. The third-order valence-corrected chi connectivity index (χ3v) is 7.34. The SMILES string of the molecule is N#Cc1ncc(N2C(=O)C3CN4CC(C(=O)C(F)(F)C(F)(F)C(F)(F)C(F)(F)F)[N+]3(C4)C2=O)c2ccccc12. The summed E-state index contributed by atoms with van der Waals surface area (Å²) >= 11 is 0. The highest BCUT2D eigenvalue weighted by Crippen LogP contribution is 2.55. The van der Waals surface area contributed by atoms with Crippen molar-refractivity contribution in [1.82, 2.24) is 9.88 Å². The Kier molecular flexibility index (Phi) is 5.42. The molecule has 4 atom stereocenters. The molecule has 0 radical (unpaired) electrons. The molecule has 17 heteroatoms. The number of carbonyl (C=O) groups is 3. The number of hydrogen-bond acceptors (Lipinski definition) is 6. The van der Waals surface area contributed by atoms with Crippen LogP contribution in [0.2, 0.25) is 0 Å². The molecule has 1 aromatic carbocycles. The Morgan fingerprint density at radius 2 is 1.59 bits per heavy atom. The van der Waals surface area contributed by atoms with Crippen LogP contribution in [0.5, 0.6) is 0 Å². The standard InChI is InChI=1S/C22H13F9N5O3/c23-19(24,20(25,26)21(27,28)22(29,30)31)16(37)14-7-34-8-15-17(38)35(18(39)36(14,15)9-34)13-6-33-12(5-32)10-3-1-2-4-11(10)13/h1-4,6,14-15H,7-9H2/q+1.